The van der Waals surface area contributed by atoms with Crippen molar-refractivity contribution < 1.29 is 8.42 Å². The molecule has 3 rings (SSSR count). The van der Waals surface area contributed by atoms with E-state index in [1.54, 1.807) is 0 Å². The average molecular weight is 326 g/mol. The van der Waals surface area contributed by atoms with E-state index in [2.05, 4.69) is 9.71 Å². The lowest BCUT2D eigenvalue weighted by molar-refractivity contribution is 0.579. The zero-order chi connectivity index (χ0) is 16.3. The Hall–Kier alpha value is -2.24. The van der Waals surface area contributed by atoms with Gasteiger partial charge in [-0.25, -0.2) is 13.1 Å². The second-order valence-electron chi connectivity index (χ2n) is 5.56. The molecule has 0 radical (unpaired) electrons. The lowest BCUT2D eigenvalue weighted by Crippen LogP contribution is -2.25. The van der Waals surface area contributed by atoms with Crippen LogP contribution in [-0.2, 0) is 22.3 Å². The Labute approximate surface area is 136 Å². The third-order valence-corrected chi connectivity index (χ3v) is 4.90. The first-order chi connectivity index (χ1) is 11.0. The topological polar surface area (TPSA) is 59.1 Å². The van der Waals surface area contributed by atoms with Gasteiger partial charge in [0.15, 0.2) is 0 Å². The highest BCUT2D eigenvalue weighted by atomic mass is 32.2. The van der Waals surface area contributed by atoms with E-state index in [1.165, 1.54) is 0 Å². The number of rotatable bonds is 5. The molecular formula is C18H18N2O2S. The van der Waals surface area contributed by atoms with Crippen LogP contribution in [0.4, 0.5) is 0 Å². The summed E-state index contributed by atoms with van der Waals surface area (Å²) in [6.07, 6.45) is 0. The number of benzene rings is 2. The first-order valence-electron chi connectivity index (χ1n) is 7.39. The summed E-state index contributed by atoms with van der Waals surface area (Å²) in [5, 5.41) is 1.04. The predicted molar refractivity (Wildman–Crippen MR) is 92.4 cm³/mol. The van der Waals surface area contributed by atoms with Crippen LogP contribution in [0.25, 0.3) is 10.9 Å². The molecule has 4 nitrogen and oxygen atoms in total. The van der Waals surface area contributed by atoms with Crippen molar-refractivity contribution in [3.05, 3.63) is 77.5 Å². The number of aryl methyl sites for hydroxylation is 1. The molecule has 1 heterocycles. The van der Waals surface area contributed by atoms with Gasteiger partial charge in [0.05, 0.1) is 23.5 Å². The van der Waals surface area contributed by atoms with Crippen LogP contribution < -0.4 is 4.72 Å². The summed E-state index contributed by atoms with van der Waals surface area (Å²) in [7, 11) is -3.39. The van der Waals surface area contributed by atoms with Gasteiger partial charge in [0.2, 0.25) is 10.0 Å². The molecule has 0 aliphatic rings. The largest absolute Gasteiger partial charge is 0.251 e. The lowest BCUT2D eigenvalue weighted by Gasteiger charge is -2.07. The lowest BCUT2D eigenvalue weighted by atomic mass is 10.2. The first-order valence-corrected chi connectivity index (χ1v) is 9.05. The molecule has 23 heavy (non-hydrogen) atoms. The number of nitrogens with one attached hydrogen (secondary N) is 1. The minimum atomic E-state index is -3.39. The van der Waals surface area contributed by atoms with Gasteiger partial charge in [-0.2, -0.15) is 0 Å². The molecule has 3 aromatic rings. The Morgan fingerprint density at radius 3 is 2.48 bits per heavy atom. The summed E-state index contributed by atoms with van der Waals surface area (Å²) >= 11 is 0. The molecule has 0 aliphatic carbocycles. The second kappa shape index (κ2) is 6.48. The van der Waals surface area contributed by atoms with Gasteiger partial charge in [0.25, 0.3) is 0 Å². The van der Waals surface area contributed by atoms with Gasteiger partial charge in [-0.1, -0.05) is 54.1 Å². The number of fused-ring (bicyclic) bond motifs is 1. The normalized spacial score (nSPS) is 11.7. The number of pyridine rings is 1. The standard InChI is InChI=1S/C18H18N2O2S/c1-14-6-8-15(9-7-14)13-23(21,22)19-12-17-11-10-16-4-2-3-5-18(16)20-17/h2-11,19H,12-13H2,1H3. The van der Waals surface area contributed by atoms with E-state index in [4.69, 9.17) is 0 Å². The predicted octanol–water partition coefficient (Wildman–Crippen LogP) is 3.16. The minimum absolute atomic E-state index is 0.0269. The fourth-order valence-corrected chi connectivity index (χ4v) is 3.45. The molecule has 0 atom stereocenters. The number of aromatic nitrogens is 1. The molecule has 5 heteroatoms. The Bertz CT molecular complexity index is 919. The molecule has 2 aromatic carbocycles. The van der Waals surface area contributed by atoms with Crippen LogP contribution in [-0.4, -0.2) is 13.4 Å². The second-order valence-corrected chi connectivity index (χ2v) is 7.37. The van der Waals surface area contributed by atoms with E-state index in [0.29, 0.717) is 5.69 Å². The maximum atomic E-state index is 12.2. The highest BCUT2D eigenvalue weighted by molar-refractivity contribution is 7.88. The van der Waals surface area contributed by atoms with Gasteiger partial charge in [0, 0.05) is 5.39 Å². The van der Waals surface area contributed by atoms with E-state index >= 15 is 0 Å². The van der Waals surface area contributed by atoms with Crippen LogP contribution in [0, 0.1) is 6.92 Å². The summed E-state index contributed by atoms with van der Waals surface area (Å²) in [4.78, 5) is 4.47. The van der Waals surface area contributed by atoms with Crippen molar-refractivity contribution in [3.8, 4) is 0 Å². The van der Waals surface area contributed by atoms with Gasteiger partial charge in [-0.05, 0) is 24.6 Å². The maximum Gasteiger partial charge on any atom is 0.216 e. The van der Waals surface area contributed by atoms with Crippen LogP contribution in [0.1, 0.15) is 16.8 Å². The molecule has 1 N–H and O–H groups in total. The van der Waals surface area contributed by atoms with E-state index in [9.17, 15) is 8.42 Å². The van der Waals surface area contributed by atoms with Crippen molar-refractivity contribution in [2.75, 3.05) is 0 Å². The number of sulfonamides is 1. The molecule has 0 bridgehead atoms. The van der Waals surface area contributed by atoms with Crippen molar-refractivity contribution in [3.63, 3.8) is 0 Å². The van der Waals surface area contributed by atoms with Crippen molar-refractivity contribution in [2.24, 2.45) is 0 Å². The number of hydrogen-bond acceptors (Lipinski definition) is 3. The molecule has 0 fully saturated rings. The third-order valence-electron chi connectivity index (χ3n) is 3.61. The van der Waals surface area contributed by atoms with Gasteiger partial charge in [-0.15, -0.1) is 0 Å². The highest BCUT2D eigenvalue weighted by Gasteiger charge is 2.11. The summed E-state index contributed by atoms with van der Waals surface area (Å²) in [6, 6.07) is 19.1. The fraction of sp³-hybridized carbons (Fsp3) is 0.167. The third kappa shape index (κ3) is 4.15. The number of hydrogen-bond donors (Lipinski definition) is 1. The Morgan fingerprint density at radius 2 is 1.70 bits per heavy atom. The zero-order valence-corrected chi connectivity index (χ0v) is 13.7. The summed E-state index contributed by atoms with van der Waals surface area (Å²) in [5.74, 6) is -0.0269. The maximum absolute atomic E-state index is 12.2. The van der Waals surface area contributed by atoms with Crippen molar-refractivity contribution in [1.82, 2.24) is 9.71 Å². The van der Waals surface area contributed by atoms with E-state index in [1.807, 2.05) is 67.6 Å². The molecule has 0 aliphatic heterocycles. The molecule has 0 unspecified atom stereocenters. The zero-order valence-electron chi connectivity index (χ0n) is 12.9. The van der Waals surface area contributed by atoms with Crippen LogP contribution in [0.15, 0.2) is 60.7 Å². The number of nitrogens with zero attached hydrogens (tertiary/aromatic N) is 1. The molecule has 0 spiro atoms. The average Bonchev–Trinajstić information content (AvgIpc) is 2.55. The smallest absolute Gasteiger partial charge is 0.216 e. The van der Waals surface area contributed by atoms with Gasteiger partial charge in [0.1, 0.15) is 0 Å². The summed E-state index contributed by atoms with van der Waals surface area (Å²) < 4.78 is 27.0. The van der Waals surface area contributed by atoms with E-state index in [-0.39, 0.29) is 12.3 Å². The molecule has 0 saturated carbocycles. The van der Waals surface area contributed by atoms with Gasteiger partial charge < -0.3 is 0 Å². The van der Waals surface area contributed by atoms with Gasteiger partial charge in [-0.3, -0.25) is 4.98 Å². The fourth-order valence-electron chi connectivity index (χ4n) is 2.35. The van der Waals surface area contributed by atoms with Crippen molar-refractivity contribution >= 4 is 20.9 Å². The molecule has 0 amide bonds. The quantitative estimate of drug-likeness (QED) is 0.783. The summed E-state index contributed by atoms with van der Waals surface area (Å²) in [6.45, 7) is 2.17. The van der Waals surface area contributed by atoms with E-state index in [0.717, 1.165) is 22.0 Å². The Kier molecular flexibility index (Phi) is 4.41. The number of para-hydroxylation sites is 1. The SMILES string of the molecule is Cc1ccc(CS(=O)(=O)NCc2ccc3ccccc3n2)cc1. The van der Waals surface area contributed by atoms with Crippen LogP contribution in [0.2, 0.25) is 0 Å². The monoisotopic (exact) mass is 326 g/mol. The van der Waals surface area contributed by atoms with Crippen molar-refractivity contribution in [1.29, 1.82) is 0 Å². The molecule has 0 saturated heterocycles. The Balaban J connectivity index is 1.69. The molecule has 1 aromatic heterocycles. The molecular weight excluding hydrogens is 308 g/mol. The molecule has 118 valence electrons. The highest BCUT2D eigenvalue weighted by Crippen LogP contribution is 2.12. The Morgan fingerprint density at radius 1 is 0.957 bits per heavy atom. The van der Waals surface area contributed by atoms with Crippen LogP contribution >= 0.6 is 0 Å². The van der Waals surface area contributed by atoms with E-state index < -0.39 is 10.0 Å². The summed E-state index contributed by atoms with van der Waals surface area (Å²) in [5.41, 5.74) is 3.45. The van der Waals surface area contributed by atoms with Crippen LogP contribution in [0.5, 0.6) is 0 Å². The van der Waals surface area contributed by atoms with Crippen molar-refractivity contribution in [2.45, 2.75) is 19.2 Å². The minimum Gasteiger partial charge on any atom is -0.251 e. The van der Waals surface area contributed by atoms with Gasteiger partial charge >= 0.3 is 0 Å². The first kappa shape index (κ1) is 15.6. The van der Waals surface area contributed by atoms with Crippen LogP contribution in [0.3, 0.4) is 0 Å².